The minimum absolute atomic E-state index is 0.267. The molecule has 0 radical (unpaired) electrons. The fourth-order valence-electron chi connectivity index (χ4n) is 2.51. The van der Waals surface area contributed by atoms with Crippen molar-refractivity contribution in [3.8, 4) is 11.5 Å². The number of halogens is 3. The molecule has 1 amide bonds. The van der Waals surface area contributed by atoms with Gasteiger partial charge in [-0.15, -0.1) is 0 Å². The summed E-state index contributed by atoms with van der Waals surface area (Å²) in [6.07, 6.45) is 1.53. The maximum atomic E-state index is 12.1. The Labute approximate surface area is 192 Å². The minimum atomic E-state index is -0.300. The number of carbonyl (C=O) groups excluding carboxylic acids is 1. The Kier molecular flexibility index (Phi) is 7.74. The lowest BCUT2D eigenvalue weighted by Gasteiger charge is -2.12. The van der Waals surface area contributed by atoms with Gasteiger partial charge in [0.1, 0.15) is 6.61 Å². The normalized spacial score (nSPS) is 10.8. The minimum Gasteiger partial charge on any atom is -0.493 e. The lowest BCUT2D eigenvalue weighted by atomic mass is 10.2. The molecular weight excluding hydrogens is 491 g/mol. The fraction of sp³-hybridized carbons (Fsp3) is 0.0909. The van der Waals surface area contributed by atoms with E-state index in [1.807, 2.05) is 6.07 Å². The lowest BCUT2D eigenvalue weighted by Crippen LogP contribution is -2.17. The Morgan fingerprint density at radius 1 is 1.07 bits per heavy atom. The van der Waals surface area contributed by atoms with Crippen LogP contribution in [0.5, 0.6) is 11.5 Å². The zero-order chi connectivity index (χ0) is 21.5. The van der Waals surface area contributed by atoms with Gasteiger partial charge >= 0.3 is 0 Å². The maximum absolute atomic E-state index is 12.1. The summed E-state index contributed by atoms with van der Waals surface area (Å²) in [6, 6.07) is 17.6. The number of ether oxygens (including phenoxy) is 2. The van der Waals surface area contributed by atoms with Crippen LogP contribution >= 0.6 is 39.1 Å². The maximum Gasteiger partial charge on any atom is 0.271 e. The van der Waals surface area contributed by atoms with E-state index in [1.165, 1.54) is 6.21 Å². The van der Waals surface area contributed by atoms with Crippen molar-refractivity contribution in [2.45, 2.75) is 6.61 Å². The summed E-state index contributed by atoms with van der Waals surface area (Å²) in [6.45, 7) is 0.267. The van der Waals surface area contributed by atoms with Crippen LogP contribution in [0.3, 0.4) is 0 Å². The van der Waals surface area contributed by atoms with E-state index >= 15 is 0 Å². The number of benzene rings is 3. The Balaban J connectivity index is 1.63. The summed E-state index contributed by atoms with van der Waals surface area (Å²) < 4.78 is 12.1. The first-order valence-corrected chi connectivity index (χ1v) is 10.3. The van der Waals surface area contributed by atoms with Gasteiger partial charge in [0, 0.05) is 25.6 Å². The SMILES string of the molecule is COc1cc(/C=N\NC(=O)c2ccc(Br)cc2)ccc1OCc1ccc(Cl)cc1Cl. The third-order valence-electron chi connectivity index (χ3n) is 4.07. The van der Waals surface area contributed by atoms with E-state index in [4.69, 9.17) is 32.7 Å². The summed E-state index contributed by atoms with van der Waals surface area (Å²) in [5.74, 6) is 0.786. The highest BCUT2D eigenvalue weighted by molar-refractivity contribution is 9.10. The number of nitrogens with zero attached hydrogens (tertiary/aromatic N) is 1. The van der Waals surface area contributed by atoms with Gasteiger partial charge in [0.15, 0.2) is 11.5 Å². The van der Waals surface area contributed by atoms with Crippen molar-refractivity contribution in [3.05, 3.63) is 91.9 Å². The van der Waals surface area contributed by atoms with Gasteiger partial charge in [-0.25, -0.2) is 5.43 Å². The van der Waals surface area contributed by atoms with Crippen LogP contribution < -0.4 is 14.9 Å². The van der Waals surface area contributed by atoms with Crippen molar-refractivity contribution >= 4 is 51.3 Å². The summed E-state index contributed by atoms with van der Waals surface area (Å²) >= 11 is 15.4. The molecule has 1 N–H and O–H groups in total. The standard InChI is InChI=1S/C22H17BrCl2N2O3/c1-29-21-10-14(12-26-27-22(28)15-3-6-17(23)7-4-15)2-9-20(21)30-13-16-5-8-18(24)11-19(16)25/h2-12H,13H2,1H3,(H,27,28)/b26-12-. The van der Waals surface area contributed by atoms with Crippen LogP contribution in [0.2, 0.25) is 10.0 Å². The first-order valence-electron chi connectivity index (χ1n) is 8.80. The van der Waals surface area contributed by atoms with E-state index in [1.54, 1.807) is 61.7 Å². The number of rotatable bonds is 7. The molecule has 3 rings (SSSR count). The number of hydrogen-bond acceptors (Lipinski definition) is 4. The molecule has 0 aromatic heterocycles. The Hall–Kier alpha value is -2.54. The van der Waals surface area contributed by atoms with Crippen LogP contribution in [-0.4, -0.2) is 19.2 Å². The molecule has 0 aliphatic carbocycles. The zero-order valence-electron chi connectivity index (χ0n) is 15.9. The van der Waals surface area contributed by atoms with E-state index < -0.39 is 0 Å². The number of hydrogen-bond donors (Lipinski definition) is 1. The van der Waals surface area contributed by atoms with Crippen LogP contribution in [0.1, 0.15) is 21.5 Å². The first-order chi connectivity index (χ1) is 14.5. The van der Waals surface area contributed by atoms with Crippen LogP contribution in [0, 0.1) is 0 Å². The van der Waals surface area contributed by atoms with Gasteiger partial charge in [-0.3, -0.25) is 4.79 Å². The van der Waals surface area contributed by atoms with Crippen molar-refractivity contribution in [1.82, 2.24) is 5.43 Å². The molecule has 0 unspecified atom stereocenters. The Bertz CT molecular complexity index is 1070. The molecule has 3 aromatic rings. The van der Waals surface area contributed by atoms with Crippen molar-refractivity contribution in [1.29, 1.82) is 0 Å². The van der Waals surface area contributed by atoms with Gasteiger partial charge < -0.3 is 9.47 Å². The van der Waals surface area contributed by atoms with Gasteiger partial charge in [-0.1, -0.05) is 45.2 Å². The molecular formula is C22H17BrCl2N2O3. The Morgan fingerprint density at radius 3 is 2.53 bits per heavy atom. The van der Waals surface area contributed by atoms with E-state index in [2.05, 4.69) is 26.5 Å². The highest BCUT2D eigenvalue weighted by Gasteiger charge is 2.08. The third-order valence-corrected chi connectivity index (χ3v) is 5.19. The van der Waals surface area contributed by atoms with Crippen molar-refractivity contribution in [2.75, 3.05) is 7.11 Å². The third kappa shape index (κ3) is 5.98. The quantitative estimate of drug-likeness (QED) is 0.310. The van der Waals surface area contributed by atoms with Crippen molar-refractivity contribution in [2.24, 2.45) is 5.10 Å². The number of methoxy groups -OCH3 is 1. The Morgan fingerprint density at radius 2 is 1.83 bits per heavy atom. The smallest absolute Gasteiger partial charge is 0.271 e. The van der Waals surface area contributed by atoms with Crippen LogP contribution in [0.4, 0.5) is 0 Å². The van der Waals surface area contributed by atoms with Gasteiger partial charge in [-0.05, 0) is 60.2 Å². The van der Waals surface area contributed by atoms with Gasteiger partial charge in [0.25, 0.3) is 5.91 Å². The average Bonchev–Trinajstić information content (AvgIpc) is 2.74. The summed E-state index contributed by atoms with van der Waals surface area (Å²) in [5.41, 5.74) is 4.55. The molecule has 3 aromatic carbocycles. The predicted octanol–water partition coefficient (Wildman–Crippen LogP) is 6.11. The summed E-state index contributed by atoms with van der Waals surface area (Å²) in [5, 5.41) is 5.10. The van der Waals surface area contributed by atoms with E-state index in [0.29, 0.717) is 27.1 Å². The topological polar surface area (TPSA) is 59.9 Å². The molecule has 8 heteroatoms. The fourth-order valence-corrected chi connectivity index (χ4v) is 3.24. The van der Waals surface area contributed by atoms with Crippen LogP contribution in [0.15, 0.2) is 70.2 Å². The molecule has 0 aliphatic rings. The second kappa shape index (κ2) is 10.5. The molecule has 0 fully saturated rings. The second-order valence-electron chi connectivity index (χ2n) is 6.14. The molecule has 0 spiro atoms. The van der Waals surface area contributed by atoms with Gasteiger partial charge in [0.2, 0.25) is 0 Å². The highest BCUT2D eigenvalue weighted by Crippen LogP contribution is 2.29. The van der Waals surface area contributed by atoms with Crippen molar-refractivity contribution < 1.29 is 14.3 Å². The van der Waals surface area contributed by atoms with Gasteiger partial charge in [-0.2, -0.15) is 5.10 Å². The molecule has 0 saturated carbocycles. The number of carbonyl (C=O) groups is 1. The molecule has 154 valence electrons. The lowest BCUT2D eigenvalue weighted by molar-refractivity contribution is 0.0955. The molecule has 0 bridgehead atoms. The molecule has 5 nitrogen and oxygen atoms in total. The highest BCUT2D eigenvalue weighted by atomic mass is 79.9. The molecule has 0 atom stereocenters. The molecule has 0 saturated heterocycles. The number of amides is 1. The monoisotopic (exact) mass is 506 g/mol. The van der Waals surface area contributed by atoms with E-state index in [9.17, 15) is 4.79 Å². The van der Waals surface area contributed by atoms with E-state index in [-0.39, 0.29) is 12.5 Å². The summed E-state index contributed by atoms with van der Waals surface area (Å²) in [4.78, 5) is 12.1. The average molecular weight is 508 g/mol. The molecule has 0 aliphatic heterocycles. The zero-order valence-corrected chi connectivity index (χ0v) is 19.0. The van der Waals surface area contributed by atoms with Gasteiger partial charge in [0.05, 0.1) is 13.3 Å². The number of hydrazone groups is 1. The van der Waals surface area contributed by atoms with Crippen molar-refractivity contribution in [3.63, 3.8) is 0 Å². The second-order valence-corrected chi connectivity index (χ2v) is 7.90. The van der Waals surface area contributed by atoms with E-state index in [0.717, 1.165) is 15.6 Å². The number of nitrogens with one attached hydrogen (secondary N) is 1. The van der Waals surface area contributed by atoms with Crippen LogP contribution in [-0.2, 0) is 6.61 Å². The van der Waals surface area contributed by atoms with Crippen LogP contribution in [0.25, 0.3) is 0 Å². The largest absolute Gasteiger partial charge is 0.493 e. The molecule has 30 heavy (non-hydrogen) atoms. The molecule has 0 heterocycles. The first kappa shape index (κ1) is 22.2. The predicted molar refractivity (Wildman–Crippen MR) is 123 cm³/mol. The summed E-state index contributed by atoms with van der Waals surface area (Å²) in [7, 11) is 1.55.